The van der Waals surface area contributed by atoms with E-state index in [1.54, 1.807) is 6.20 Å². The minimum atomic E-state index is -0.476. The molecule has 0 radical (unpaired) electrons. The summed E-state index contributed by atoms with van der Waals surface area (Å²) in [5, 5.41) is 6.68. The molecule has 0 bridgehead atoms. The Morgan fingerprint density at radius 2 is 2.05 bits per heavy atom. The minimum absolute atomic E-state index is 0.000115. The van der Waals surface area contributed by atoms with Crippen LogP contribution in [0.5, 0.6) is 0 Å². The van der Waals surface area contributed by atoms with E-state index in [0.29, 0.717) is 12.2 Å². The van der Waals surface area contributed by atoms with Gasteiger partial charge in [0.05, 0.1) is 18.4 Å². The average molecular weight is 280 g/mol. The van der Waals surface area contributed by atoms with E-state index in [0.717, 1.165) is 25.9 Å². The molecule has 0 saturated carbocycles. The summed E-state index contributed by atoms with van der Waals surface area (Å²) >= 11 is 0. The van der Waals surface area contributed by atoms with Crippen LogP contribution in [0.25, 0.3) is 0 Å². The number of nitrogens with zero attached hydrogens (tertiary/aromatic N) is 3. The molecule has 1 aromatic heterocycles. The molecule has 2 amide bonds. The molecule has 0 atom stereocenters. The summed E-state index contributed by atoms with van der Waals surface area (Å²) in [5.74, 6) is -0.574. The number of hydrogen-bond acceptors (Lipinski definition) is 5. The third kappa shape index (κ3) is 4.32. The van der Waals surface area contributed by atoms with E-state index in [1.807, 2.05) is 0 Å². The molecule has 5 N–H and O–H groups in total. The fraction of sp³-hybridized carbons (Fsp3) is 0.583. The fourth-order valence-corrected chi connectivity index (χ4v) is 2.19. The molecule has 2 rings (SSSR count). The number of aromatic nitrogens is 2. The van der Waals surface area contributed by atoms with Crippen LogP contribution in [-0.4, -0.2) is 52.2 Å². The first-order valence-electron chi connectivity index (χ1n) is 6.61. The predicted molar refractivity (Wildman–Crippen MR) is 73.7 cm³/mol. The Hall–Kier alpha value is -1.93. The lowest BCUT2D eigenvalue weighted by atomic mass is 10.1. The van der Waals surface area contributed by atoms with Gasteiger partial charge in [0, 0.05) is 25.3 Å². The van der Waals surface area contributed by atoms with Crippen LogP contribution in [-0.2, 0) is 16.1 Å². The van der Waals surface area contributed by atoms with E-state index in [2.05, 4.69) is 15.3 Å². The van der Waals surface area contributed by atoms with Gasteiger partial charge in [0.25, 0.3) is 0 Å². The van der Waals surface area contributed by atoms with Gasteiger partial charge in [-0.15, -0.1) is 0 Å². The van der Waals surface area contributed by atoms with Crippen molar-refractivity contribution in [3.8, 4) is 0 Å². The lowest BCUT2D eigenvalue weighted by molar-refractivity contribution is -0.119. The molecule has 2 heterocycles. The molecule has 20 heavy (non-hydrogen) atoms. The molecule has 1 saturated heterocycles. The van der Waals surface area contributed by atoms with Crippen molar-refractivity contribution < 1.29 is 9.59 Å². The Morgan fingerprint density at radius 1 is 1.35 bits per heavy atom. The molecule has 8 nitrogen and oxygen atoms in total. The standard InChI is InChI=1S/C12H20N6O2/c13-9-1-3-17(4-2-9)8-12(20)16-10-5-15-18(6-10)7-11(14)19/h5-6,9H,1-4,7-8,13H2,(H2,14,19)(H,16,20). The molecule has 110 valence electrons. The molecule has 8 heteroatoms. The number of nitrogens with two attached hydrogens (primary N) is 2. The number of amides is 2. The van der Waals surface area contributed by atoms with E-state index in [4.69, 9.17) is 11.5 Å². The van der Waals surface area contributed by atoms with Gasteiger partial charge in [-0.2, -0.15) is 5.10 Å². The highest BCUT2D eigenvalue weighted by atomic mass is 16.2. The van der Waals surface area contributed by atoms with Gasteiger partial charge in [0.1, 0.15) is 6.54 Å². The van der Waals surface area contributed by atoms with Crippen molar-refractivity contribution >= 4 is 17.5 Å². The van der Waals surface area contributed by atoms with Gasteiger partial charge < -0.3 is 16.8 Å². The highest BCUT2D eigenvalue weighted by Crippen LogP contribution is 2.09. The maximum atomic E-state index is 11.9. The summed E-state index contributed by atoms with van der Waals surface area (Å²) < 4.78 is 1.39. The molecule has 0 aromatic carbocycles. The third-order valence-electron chi connectivity index (χ3n) is 3.23. The molecular weight excluding hydrogens is 260 g/mol. The van der Waals surface area contributed by atoms with Crippen molar-refractivity contribution in [2.75, 3.05) is 25.0 Å². The van der Waals surface area contributed by atoms with Crippen molar-refractivity contribution in [1.29, 1.82) is 0 Å². The first-order chi connectivity index (χ1) is 9.52. The monoisotopic (exact) mass is 280 g/mol. The van der Waals surface area contributed by atoms with Gasteiger partial charge in [-0.3, -0.25) is 19.2 Å². The molecule has 1 aliphatic rings. The summed E-state index contributed by atoms with van der Waals surface area (Å²) in [4.78, 5) is 24.7. The molecule has 1 aromatic rings. The Bertz CT molecular complexity index is 478. The van der Waals surface area contributed by atoms with E-state index in [-0.39, 0.29) is 18.5 Å². The van der Waals surface area contributed by atoms with Crippen LogP contribution in [0.2, 0.25) is 0 Å². The lowest BCUT2D eigenvalue weighted by Gasteiger charge is -2.29. The number of piperidine rings is 1. The van der Waals surface area contributed by atoms with Crippen molar-refractivity contribution in [3.05, 3.63) is 12.4 Å². The van der Waals surface area contributed by atoms with Crippen molar-refractivity contribution in [2.24, 2.45) is 11.5 Å². The fourth-order valence-electron chi connectivity index (χ4n) is 2.19. The van der Waals surface area contributed by atoms with Gasteiger partial charge in [0.15, 0.2) is 0 Å². The summed E-state index contributed by atoms with van der Waals surface area (Å²) in [6.45, 7) is 2.03. The van der Waals surface area contributed by atoms with Crippen molar-refractivity contribution in [1.82, 2.24) is 14.7 Å². The van der Waals surface area contributed by atoms with Crippen LogP contribution in [0.1, 0.15) is 12.8 Å². The number of hydrogen-bond donors (Lipinski definition) is 3. The zero-order valence-electron chi connectivity index (χ0n) is 11.3. The van der Waals surface area contributed by atoms with Crippen LogP contribution in [0.4, 0.5) is 5.69 Å². The number of anilines is 1. The van der Waals surface area contributed by atoms with Crippen LogP contribution >= 0.6 is 0 Å². The predicted octanol–water partition coefficient (Wildman–Crippen LogP) is -1.27. The average Bonchev–Trinajstić information content (AvgIpc) is 2.78. The highest BCUT2D eigenvalue weighted by Gasteiger charge is 2.18. The van der Waals surface area contributed by atoms with Crippen molar-refractivity contribution in [3.63, 3.8) is 0 Å². The van der Waals surface area contributed by atoms with Gasteiger partial charge in [-0.25, -0.2) is 0 Å². The molecule has 1 fully saturated rings. The number of primary amides is 1. The highest BCUT2D eigenvalue weighted by molar-refractivity contribution is 5.92. The smallest absolute Gasteiger partial charge is 0.239 e. The molecule has 0 spiro atoms. The number of carbonyl (C=O) groups excluding carboxylic acids is 2. The number of rotatable bonds is 5. The Labute approximate surface area is 117 Å². The number of likely N-dealkylation sites (tertiary alicyclic amines) is 1. The zero-order chi connectivity index (χ0) is 14.5. The van der Waals surface area contributed by atoms with Gasteiger partial charge in [-0.05, 0) is 12.8 Å². The van der Waals surface area contributed by atoms with Gasteiger partial charge in [-0.1, -0.05) is 0 Å². The van der Waals surface area contributed by atoms with Crippen LogP contribution < -0.4 is 16.8 Å². The Kier molecular flexibility index (Phi) is 4.70. The van der Waals surface area contributed by atoms with Crippen LogP contribution in [0, 0.1) is 0 Å². The van der Waals surface area contributed by atoms with Crippen LogP contribution in [0.3, 0.4) is 0 Å². The van der Waals surface area contributed by atoms with Crippen molar-refractivity contribution in [2.45, 2.75) is 25.4 Å². The SMILES string of the molecule is NC(=O)Cn1cc(NC(=O)CN2CCC(N)CC2)cn1. The zero-order valence-corrected chi connectivity index (χ0v) is 11.3. The van der Waals surface area contributed by atoms with Gasteiger partial charge in [0.2, 0.25) is 11.8 Å². The second kappa shape index (κ2) is 6.49. The topological polar surface area (TPSA) is 119 Å². The largest absolute Gasteiger partial charge is 0.368 e. The van der Waals surface area contributed by atoms with E-state index in [1.165, 1.54) is 10.9 Å². The maximum absolute atomic E-state index is 11.9. The molecular formula is C12H20N6O2. The quantitative estimate of drug-likeness (QED) is 0.621. The van der Waals surface area contributed by atoms with E-state index < -0.39 is 5.91 Å². The first kappa shape index (κ1) is 14.5. The lowest BCUT2D eigenvalue weighted by Crippen LogP contribution is -2.43. The second-order valence-corrected chi connectivity index (χ2v) is 5.05. The first-order valence-corrected chi connectivity index (χ1v) is 6.61. The molecule has 0 aliphatic carbocycles. The van der Waals surface area contributed by atoms with Gasteiger partial charge >= 0.3 is 0 Å². The summed E-state index contributed by atoms with van der Waals surface area (Å²) in [7, 11) is 0. The normalized spacial score (nSPS) is 17.1. The third-order valence-corrected chi connectivity index (χ3v) is 3.23. The van der Waals surface area contributed by atoms with Crippen LogP contribution in [0.15, 0.2) is 12.4 Å². The number of nitrogens with one attached hydrogen (secondary N) is 1. The summed E-state index contributed by atoms with van der Waals surface area (Å²) in [5.41, 5.74) is 11.4. The molecule has 0 unspecified atom stereocenters. The second-order valence-electron chi connectivity index (χ2n) is 5.05. The Morgan fingerprint density at radius 3 is 2.70 bits per heavy atom. The maximum Gasteiger partial charge on any atom is 0.239 e. The Balaban J connectivity index is 1.79. The minimum Gasteiger partial charge on any atom is -0.368 e. The van der Waals surface area contributed by atoms with E-state index in [9.17, 15) is 9.59 Å². The molecule has 1 aliphatic heterocycles. The summed E-state index contributed by atoms with van der Waals surface area (Å²) in [6, 6.07) is 0.251. The van der Waals surface area contributed by atoms with E-state index >= 15 is 0 Å². The number of carbonyl (C=O) groups is 2. The summed E-state index contributed by atoms with van der Waals surface area (Å²) in [6.07, 6.45) is 4.91.